The Kier molecular flexibility index (Phi) is 7.18. The van der Waals surface area contributed by atoms with Crippen LogP contribution < -0.4 is 4.74 Å². The van der Waals surface area contributed by atoms with Gasteiger partial charge < -0.3 is 44.1 Å². The molecule has 1 heterocycles. The third-order valence-corrected chi connectivity index (χ3v) is 8.17. The Bertz CT molecular complexity index is 1380. The number of ketones is 2. The van der Waals surface area contributed by atoms with Crippen LogP contribution in [0.1, 0.15) is 74.9 Å². The lowest BCUT2D eigenvalue weighted by Crippen LogP contribution is -2.59. The molecule has 3 aliphatic rings. The number of rotatable bonds is 5. The average molecular weight is 559 g/mol. The van der Waals surface area contributed by atoms with Gasteiger partial charge in [0, 0.05) is 43.8 Å². The predicted octanol–water partition coefficient (Wildman–Crippen LogP) is 2.08. The molecule has 0 radical (unpaired) electrons. The number of carbonyl (C=O) groups is 2. The molecule has 40 heavy (non-hydrogen) atoms. The van der Waals surface area contributed by atoms with E-state index in [0.29, 0.717) is 5.56 Å². The molecule has 0 spiro atoms. The van der Waals surface area contributed by atoms with Gasteiger partial charge in [-0.05, 0) is 32.4 Å². The number of phenolic OH excluding ortho intramolecular Hbond substituents is 2. The van der Waals surface area contributed by atoms with Crippen molar-refractivity contribution >= 4 is 11.6 Å². The Morgan fingerprint density at radius 1 is 0.975 bits per heavy atom. The van der Waals surface area contributed by atoms with E-state index >= 15 is 0 Å². The lowest BCUT2D eigenvalue weighted by Gasteiger charge is -2.45. The van der Waals surface area contributed by atoms with Crippen molar-refractivity contribution in [1.82, 2.24) is 0 Å². The van der Waals surface area contributed by atoms with Crippen molar-refractivity contribution in [3.63, 3.8) is 0 Å². The van der Waals surface area contributed by atoms with Crippen molar-refractivity contribution in [3.8, 4) is 17.2 Å². The van der Waals surface area contributed by atoms with Gasteiger partial charge in [-0.25, -0.2) is 0 Å². The summed E-state index contributed by atoms with van der Waals surface area (Å²) in [5.74, 6) is -2.23. The Morgan fingerprint density at radius 2 is 1.62 bits per heavy atom. The van der Waals surface area contributed by atoms with Crippen molar-refractivity contribution < 1.29 is 53.7 Å². The number of phenols is 2. The molecule has 2 aliphatic carbocycles. The number of fused-ring (bicyclic) bond motifs is 3. The molecule has 5 rings (SSSR count). The molecule has 11 heteroatoms. The van der Waals surface area contributed by atoms with E-state index in [-0.39, 0.29) is 52.0 Å². The van der Waals surface area contributed by atoms with E-state index in [2.05, 4.69) is 0 Å². The van der Waals surface area contributed by atoms with Crippen molar-refractivity contribution in [2.75, 3.05) is 21.3 Å². The molecule has 4 N–H and O–H groups in total. The summed E-state index contributed by atoms with van der Waals surface area (Å²) < 4.78 is 28.4. The third-order valence-electron chi connectivity index (χ3n) is 8.17. The minimum atomic E-state index is -1.43. The average Bonchev–Trinajstić information content (AvgIpc) is 2.89. The second-order valence-electron chi connectivity index (χ2n) is 10.9. The quantitative estimate of drug-likeness (QED) is 0.339. The number of aliphatic hydroxyl groups excluding tert-OH is 1. The van der Waals surface area contributed by atoms with Crippen LogP contribution in [0.2, 0.25) is 0 Å². The third kappa shape index (κ3) is 4.20. The Balaban J connectivity index is 1.65. The summed E-state index contributed by atoms with van der Waals surface area (Å²) in [6.07, 6.45) is -5.86. The summed E-state index contributed by atoms with van der Waals surface area (Å²) in [7, 11) is 4.27. The highest BCUT2D eigenvalue weighted by Crippen LogP contribution is 2.52. The number of ether oxygens (including phenoxy) is 5. The minimum absolute atomic E-state index is 0.0108. The molecular formula is C29H34O11. The van der Waals surface area contributed by atoms with Gasteiger partial charge in [0.25, 0.3) is 0 Å². The summed E-state index contributed by atoms with van der Waals surface area (Å²) in [4.78, 5) is 27.4. The van der Waals surface area contributed by atoms with E-state index in [1.54, 1.807) is 19.9 Å². The zero-order valence-corrected chi connectivity index (χ0v) is 23.2. The molecular weight excluding hydrogens is 524 g/mol. The SMILES string of the molecule is COc1c(C)ccc2c1C(=O)c1c(O)c3c(c(O)c1C2=O)CC(C)(O)CC3O[C@@H]1O[C@@H](C)[C@H](OC)[C@@H](OC)[C@H]1O. The Hall–Kier alpha value is -3.06. The van der Waals surface area contributed by atoms with Crippen molar-refractivity contribution in [1.29, 1.82) is 0 Å². The maximum atomic E-state index is 13.8. The van der Waals surface area contributed by atoms with Gasteiger partial charge in [-0.1, -0.05) is 6.07 Å². The molecule has 1 saturated heterocycles. The molecule has 2 aromatic carbocycles. The lowest BCUT2D eigenvalue weighted by atomic mass is 9.73. The molecule has 7 atom stereocenters. The van der Waals surface area contributed by atoms with Crippen LogP contribution >= 0.6 is 0 Å². The monoisotopic (exact) mass is 558 g/mol. The van der Waals surface area contributed by atoms with Crippen LogP contribution in [0.25, 0.3) is 0 Å². The zero-order chi connectivity index (χ0) is 29.3. The predicted molar refractivity (Wildman–Crippen MR) is 139 cm³/mol. The van der Waals surface area contributed by atoms with Crippen LogP contribution in [0.5, 0.6) is 17.2 Å². The lowest BCUT2D eigenvalue weighted by molar-refractivity contribution is -0.314. The Morgan fingerprint density at radius 3 is 2.25 bits per heavy atom. The topological polar surface area (TPSA) is 161 Å². The highest BCUT2D eigenvalue weighted by molar-refractivity contribution is 6.31. The van der Waals surface area contributed by atoms with E-state index in [9.17, 15) is 30.0 Å². The van der Waals surface area contributed by atoms with Crippen LogP contribution in [0.15, 0.2) is 12.1 Å². The number of benzene rings is 2. The van der Waals surface area contributed by atoms with Crippen LogP contribution in [0.3, 0.4) is 0 Å². The molecule has 2 aromatic rings. The van der Waals surface area contributed by atoms with E-state index in [1.165, 1.54) is 34.3 Å². The first-order valence-corrected chi connectivity index (χ1v) is 13.0. The van der Waals surface area contributed by atoms with Crippen molar-refractivity contribution in [2.24, 2.45) is 0 Å². The fourth-order valence-corrected chi connectivity index (χ4v) is 6.32. The molecule has 1 fully saturated rings. The number of methoxy groups -OCH3 is 3. The molecule has 216 valence electrons. The first kappa shape index (κ1) is 28.5. The van der Waals surface area contributed by atoms with Gasteiger partial charge in [0.15, 0.2) is 12.1 Å². The van der Waals surface area contributed by atoms with E-state index in [1.807, 2.05) is 0 Å². The number of hydrogen-bond acceptors (Lipinski definition) is 11. The van der Waals surface area contributed by atoms with Gasteiger partial charge in [0.1, 0.15) is 35.6 Å². The van der Waals surface area contributed by atoms with Crippen LogP contribution in [0.4, 0.5) is 0 Å². The first-order chi connectivity index (χ1) is 18.9. The fourth-order valence-electron chi connectivity index (χ4n) is 6.32. The molecule has 0 aromatic heterocycles. The summed E-state index contributed by atoms with van der Waals surface area (Å²) in [5, 5.41) is 45.1. The first-order valence-electron chi connectivity index (χ1n) is 13.0. The summed E-state index contributed by atoms with van der Waals surface area (Å²) in [6, 6.07) is 3.12. The van der Waals surface area contributed by atoms with Crippen molar-refractivity contribution in [2.45, 2.75) is 76.0 Å². The van der Waals surface area contributed by atoms with Gasteiger partial charge in [-0.3, -0.25) is 9.59 Å². The van der Waals surface area contributed by atoms with E-state index in [4.69, 9.17) is 23.7 Å². The second kappa shape index (κ2) is 10.1. The molecule has 1 aliphatic heterocycles. The second-order valence-corrected chi connectivity index (χ2v) is 10.9. The number of aromatic hydroxyl groups is 2. The van der Waals surface area contributed by atoms with Gasteiger partial charge in [-0.2, -0.15) is 0 Å². The van der Waals surface area contributed by atoms with Gasteiger partial charge in [0.05, 0.1) is 41.6 Å². The van der Waals surface area contributed by atoms with E-state index < -0.39 is 65.5 Å². The highest BCUT2D eigenvalue weighted by Gasteiger charge is 2.49. The smallest absolute Gasteiger partial charge is 0.202 e. The van der Waals surface area contributed by atoms with Gasteiger partial charge in [-0.15, -0.1) is 0 Å². The Labute approximate surface area is 231 Å². The van der Waals surface area contributed by atoms with Gasteiger partial charge in [0.2, 0.25) is 5.78 Å². The summed E-state index contributed by atoms with van der Waals surface area (Å²) in [5.41, 5.74) is -1.41. The molecule has 0 amide bonds. The highest BCUT2D eigenvalue weighted by atomic mass is 16.7. The van der Waals surface area contributed by atoms with Gasteiger partial charge >= 0.3 is 0 Å². The summed E-state index contributed by atoms with van der Waals surface area (Å²) in [6.45, 7) is 4.97. The maximum absolute atomic E-state index is 13.8. The minimum Gasteiger partial charge on any atom is -0.507 e. The molecule has 11 nitrogen and oxygen atoms in total. The van der Waals surface area contributed by atoms with Crippen LogP contribution in [0, 0.1) is 6.92 Å². The zero-order valence-electron chi connectivity index (χ0n) is 23.2. The standard InChI is InChI=1S/C29H34O11/c1-11-7-8-13-17(25(11)36-4)23(33)19-18(20(13)30)21(31)14-9-29(3,35)10-15(16(14)22(19)32)40-28-24(34)27(38-6)26(37-5)12(2)39-28/h7-8,12,15,24,26-28,31-32,34-35H,9-10H2,1-6H3/t12-,15?,24+,26-,27-,28-,29?/m0/s1. The normalized spacial score (nSPS) is 31.4. The van der Waals surface area contributed by atoms with E-state index in [0.717, 1.165) is 0 Å². The molecule has 0 saturated carbocycles. The maximum Gasteiger partial charge on any atom is 0.202 e. The van der Waals surface area contributed by atoms with Crippen molar-refractivity contribution in [3.05, 3.63) is 51.1 Å². The number of carbonyl (C=O) groups excluding carboxylic acids is 2. The number of aliphatic hydroxyl groups is 2. The molecule has 2 unspecified atom stereocenters. The van der Waals surface area contributed by atoms with Crippen LogP contribution in [-0.2, 0) is 25.4 Å². The fraction of sp³-hybridized carbons (Fsp3) is 0.517. The van der Waals surface area contributed by atoms with Crippen LogP contribution in [-0.4, -0.2) is 89.6 Å². The largest absolute Gasteiger partial charge is 0.507 e. The molecule has 0 bridgehead atoms. The number of hydrogen-bond donors (Lipinski definition) is 4. The number of aryl methyl sites for hydroxylation is 1. The summed E-state index contributed by atoms with van der Waals surface area (Å²) >= 11 is 0.